The van der Waals surface area contributed by atoms with Crippen LogP contribution in [0.3, 0.4) is 0 Å². The number of benzene rings is 1. The Bertz CT molecular complexity index is 1060. The second kappa shape index (κ2) is 12.8. The highest BCUT2D eigenvalue weighted by Crippen LogP contribution is 2.35. The Morgan fingerprint density at radius 1 is 0.974 bits per heavy atom. The minimum absolute atomic E-state index is 0.0566. The van der Waals surface area contributed by atoms with Gasteiger partial charge in [-0.15, -0.1) is 0 Å². The fraction of sp³-hybridized carbons (Fsp3) is 0.621. The first kappa shape index (κ1) is 27.4. The molecule has 5 rings (SSSR count). The molecule has 3 aliphatic rings. The third-order valence-electron chi connectivity index (χ3n) is 8.46. The van der Waals surface area contributed by atoms with E-state index in [9.17, 15) is 0 Å². The van der Waals surface area contributed by atoms with Crippen LogP contribution >= 0.6 is 23.8 Å². The number of rotatable bonds is 6. The molecule has 2 aromatic rings. The molecule has 38 heavy (non-hydrogen) atoms. The third kappa shape index (κ3) is 6.88. The molecule has 3 aliphatic heterocycles. The van der Waals surface area contributed by atoms with Gasteiger partial charge in [0.2, 0.25) is 5.95 Å². The van der Waals surface area contributed by atoms with Crippen LogP contribution in [0.1, 0.15) is 63.9 Å². The van der Waals surface area contributed by atoms with E-state index < -0.39 is 0 Å². The van der Waals surface area contributed by atoms with Crippen molar-refractivity contribution in [3.8, 4) is 0 Å². The topological polar surface area (TPSA) is 65.5 Å². The Balaban J connectivity index is 1.32. The van der Waals surface area contributed by atoms with Crippen molar-refractivity contribution in [3.63, 3.8) is 0 Å². The highest BCUT2D eigenvalue weighted by molar-refractivity contribution is 7.80. The van der Waals surface area contributed by atoms with Crippen LogP contribution in [0.2, 0.25) is 5.02 Å². The molecule has 1 aromatic heterocycles. The van der Waals surface area contributed by atoms with Crippen LogP contribution in [0.15, 0.2) is 30.3 Å². The normalized spacial score (nSPS) is 20.6. The van der Waals surface area contributed by atoms with E-state index in [0.717, 1.165) is 74.8 Å². The van der Waals surface area contributed by atoms with Crippen LogP contribution in [-0.4, -0.2) is 61.0 Å². The van der Waals surface area contributed by atoms with E-state index in [1.54, 1.807) is 0 Å². The summed E-state index contributed by atoms with van der Waals surface area (Å²) < 4.78 is 5.70. The number of hydrogen-bond acceptors (Lipinski definition) is 6. The Morgan fingerprint density at radius 3 is 2.21 bits per heavy atom. The summed E-state index contributed by atoms with van der Waals surface area (Å²) in [7, 11) is 0. The average Bonchev–Trinajstić information content (AvgIpc) is 3.23. The Labute approximate surface area is 237 Å². The maximum atomic E-state index is 6.18. The van der Waals surface area contributed by atoms with Gasteiger partial charge in [-0.1, -0.05) is 43.5 Å². The molecule has 0 unspecified atom stereocenters. The molecule has 0 atom stereocenters. The summed E-state index contributed by atoms with van der Waals surface area (Å²) in [4.78, 5) is 14.7. The molecule has 0 saturated carbocycles. The lowest BCUT2D eigenvalue weighted by Crippen LogP contribution is -2.45. The van der Waals surface area contributed by atoms with Gasteiger partial charge in [0, 0.05) is 62.4 Å². The molecule has 3 saturated heterocycles. The van der Waals surface area contributed by atoms with Crippen molar-refractivity contribution in [2.75, 3.05) is 61.1 Å². The van der Waals surface area contributed by atoms with Gasteiger partial charge in [-0.05, 0) is 74.4 Å². The third-order valence-corrected chi connectivity index (χ3v) is 8.95. The van der Waals surface area contributed by atoms with E-state index in [0.29, 0.717) is 17.6 Å². The lowest BCUT2D eigenvalue weighted by atomic mass is 9.74. The second-order valence-electron chi connectivity index (χ2n) is 11.2. The van der Waals surface area contributed by atoms with Gasteiger partial charge in [-0.3, -0.25) is 0 Å². The van der Waals surface area contributed by atoms with Gasteiger partial charge in [0.1, 0.15) is 11.6 Å². The molecule has 206 valence electrons. The number of anilines is 3. The van der Waals surface area contributed by atoms with E-state index in [-0.39, 0.29) is 5.41 Å². The standard InChI is InChI=1S/C29H41ClN6OS/c1-22-10-16-36(17-11-22)26-20-25(35-14-4-2-3-5-15-35)32-27(33-26)34-28(38)31-21-29(12-18-37-19-13-29)23-6-8-24(30)9-7-23/h6-9,20,22H,2-5,10-19,21H2,1H3,(H2,31,32,33,34,38). The van der Waals surface area contributed by atoms with Crippen molar-refractivity contribution in [2.45, 2.75) is 63.7 Å². The Kier molecular flexibility index (Phi) is 9.23. The highest BCUT2D eigenvalue weighted by atomic mass is 35.5. The van der Waals surface area contributed by atoms with Gasteiger partial charge in [0.15, 0.2) is 5.11 Å². The van der Waals surface area contributed by atoms with Crippen LogP contribution < -0.4 is 20.4 Å². The number of piperidine rings is 1. The molecule has 0 radical (unpaired) electrons. The first-order valence-corrected chi connectivity index (χ1v) is 15.1. The van der Waals surface area contributed by atoms with Crippen molar-refractivity contribution in [2.24, 2.45) is 5.92 Å². The predicted molar refractivity (Wildman–Crippen MR) is 161 cm³/mol. The molecular formula is C29H41ClN6OS. The second-order valence-corrected chi connectivity index (χ2v) is 12.0. The number of hydrogen-bond donors (Lipinski definition) is 2. The molecule has 0 amide bonds. The van der Waals surface area contributed by atoms with Crippen LogP contribution in [-0.2, 0) is 10.2 Å². The number of nitrogens with zero attached hydrogens (tertiary/aromatic N) is 4. The zero-order valence-electron chi connectivity index (χ0n) is 22.6. The Morgan fingerprint density at radius 2 is 1.58 bits per heavy atom. The SMILES string of the molecule is CC1CCN(c2cc(N3CCCCCC3)nc(NC(=S)NCC3(c4ccc(Cl)cc4)CCOCC3)n2)CC1. The van der Waals surface area contributed by atoms with Gasteiger partial charge in [-0.25, -0.2) is 0 Å². The van der Waals surface area contributed by atoms with Gasteiger partial charge in [-0.2, -0.15) is 9.97 Å². The lowest BCUT2D eigenvalue weighted by molar-refractivity contribution is 0.0515. The molecule has 0 bridgehead atoms. The van der Waals surface area contributed by atoms with Gasteiger partial charge < -0.3 is 25.2 Å². The molecule has 0 aliphatic carbocycles. The minimum Gasteiger partial charge on any atom is -0.381 e. The van der Waals surface area contributed by atoms with E-state index in [1.165, 1.54) is 44.1 Å². The fourth-order valence-corrected chi connectivity index (χ4v) is 6.16. The van der Waals surface area contributed by atoms with Crippen LogP contribution in [0.25, 0.3) is 0 Å². The summed E-state index contributed by atoms with van der Waals surface area (Å²) >= 11 is 12.0. The molecule has 9 heteroatoms. The minimum atomic E-state index is -0.0566. The molecule has 4 heterocycles. The van der Waals surface area contributed by atoms with Gasteiger partial charge in [0.05, 0.1) is 0 Å². The van der Waals surface area contributed by atoms with E-state index in [1.807, 2.05) is 12.1 Å². The summed E-state index contributed by atoms with van der Waals surface area (Å²) in [5.74, 6) is 3.34. The monoisotopic (exact) mass is 556 g/mol. The summed E-state index contributed by atoms with van der Waals surface area (Å²) in [5, 5.41) is 8.13. The lowest BCUT2D eigenvalue weighted by Gasteiger charge is -2.38. The van der Waals surface area contributed by atoms with E-state index in [4.69, 9.17) is 38.5 Å². The van der Waals surface area contributed by atoms with E-state index >= 15 is 0 Å². The number of aromatic nitrogens is 2. The number of halogens is 1. The maximum Gasteiger partial charge on any atom is 0.232 e. The van der Waals surface area contributed by atoms with Crippen molar-refractivity contribution in [3.05, 3.63) is 40.9 Å². The molecular weight excluding hydrogens is 516 g/mol. The van der Waals surface area contributed by atoms with E-state index in [2.05, 4.69) is 45.6 Å². The van der Waals surface area contributed by atoms with Crippen LogP contribution in [0, 0.1) is 5.92 Å². The molecule has 2 N–H and O–H groups in total. The van der Waals surface area contributed by atoms with Crippen molar-refractivity contribution in [1.29, 1.82) is 0 Å². The van der Waals surface area contributed by atoms with Crippen molar-refractivity contribution < 1.29 is 4.74 Å². The van der Waals surface area contributed by atoms with Crippen molar-refractivity contribution >= 4 is 46.5 Å². The van der Waals surface area contributed by atoms with Crippen molar-refractivity contribution in [1.82, 2.24) is 15.3 Å². The molecule has 1 aromatic carbocycles. The summed E-state index contributed by atoms with van der Waals surface area (Å²) in [5.41, 5.74) is 1.21. The molecule has 7 nitrogen and oxygen atoms in total. The average molecular weight is 557 g/mol. The predicted octanol–water partition coefficient (Wildman–Crippen LogP) is 5.78. The number of ether oxygens (including phenoxy) is 1. The summed E-state index contributed by atoms with van der Waals surface area (Å²) in [6, 6.07) is 10.4. The number of nitrogens with one attached hydrogen (secondary N) is 2. The largest absolute Gasteiger partial charge is 0.381 e. The highest BCUT2D eigenvalue weighted by Gasteiger charge is 2.34. The smallest absolute Gasteiger partial charge is 0.232 e. The number of thiocarbonyl (C=S) groups is 1. The maximum absolute atomic E-state index is 6.18. The van der Waals surface area contributed by atoms with Crippen LogP contribution in [0.5, 0.6) is 0 Å². The quantitative estimate of drug-likeness (QED) is 0.434. The zero-order valence-corrected chi connectivity index (χ0v) is 24.1. The first-order chi connectivity index (χ1) is 18.5. The fourth-order valence-electron chi connectivity index (χ4n) is 5.87. The zero-order chi connectivity index (χ0) is 26.4. The Hall–Kier alpha value is -2.16. The van der Waals surface area contributed by atoms with Gasteiger partial charge >= 0.3 is 0 Å². The van der Waals surface area contributed by atoms with Crippen LogP contribution in [0.4, 0.5) is 17.6 Å². The molecule has 0 spiro atoms. The molecule has 3 fully saturated rings. The first-order valence-electron chi connectivity index (χ1n) is 14.3. The van der Waals surface area contributed by atoms with Gasteiger partial charge in [0.25, 0.3) is 0 Å². The summed E-state index contributed by atoms with van der Waals surface area (Å²) in [6.07, 6.45) is 9.26. The summed E-state index contributed by atoms with van der Waals surface area (Å²) in [6.45, 7) is 8.69.